The van der Waals surface area contributed by atoms with Gasteiger partial charge in [-0.05, 0) is 12.1 Å². The van der Waals surface area contributed by atoms with Gasteiger partial charge in [0.2, 0.25) is 35.0 Å². The van der Waals surface area contributed by atoms with Crippen molar-refractivity contribution < 1.29 is 45.7 Å². The second kappa shape index (κ2) is 10.1. The second-order valence-corrected chi connectivity index (χ2v) is 7.53. The molecule has 1 aliphatic rings. The van der Waals surface area contributed by atoms with Gasteiger partial charge in [-0.3, -0.25) is 0 Å². The topological polar surface area (TPSA) is 104 Å². The highest BCUT2D eigenvalue weighted by Gasteiger charge is 2.33. The standard InChI is InChI=1S/C25H15F5N2O5/c1-34-15-5-3-2-4-12(15)18-13-7-6-11(8-16(13)37-25(32)14(18)9-31)36-17(33)10-35-24-22(29)20(27)19(26)21(28)23(24)30/h2-8,18H,10,32H2,1H3. The number of esters is 1. The zero-order valence-corrected chi connectivity index (χ0v) is 18.8. The molecular weight excluding hydrogens is 503 g/mol. The summed E-state index contributed by atoms with van der Waals surface area (Å²) in [7, 11) is 1.47. The molecule has 0 aromatic heterocycles. The van der Waals surface area contributed by atoms with Crippen molar-refractivity contribution in [2.45, 2.75) is 5.92 Å². The summed E-state index contributed by atoms with van der Waals surface area (Å²) in [5.41, 5.74) is 7.19. The van der Waals surface area contributed by atoms with Crippen molar-refractivity contribution in [2.75, 3.05) is 13.7 Å². The maximum atomic E-state index is 13.7. The van der Waals surface area contributed by atoms with Gasteiger partial charge in [0.15, 0.2) is 12.4 Å². The van der Waals surface area contributed by atoms with E-state index in [1.165, 1.54) is 25.3 Å². The minimum atomic E-state index is -2.36. The van der Waals surface area contributed by atoms with Crippen LogP contribution >= 0.6 is 0 Å². The Labute approximate surface area is 206 Å². The zero-order chi connectivity index (χ0) is 26.9. The quantitative estimate of drug-likeness (QED) is 0.167. The predicted octanol–water partition coefficient (Wildman–Crippen LogP) is 4.59. The van der Waals surface area contributed by atoms with Gasteiger partial charge in [0.1, 0.15) is 28.9 Å². The molecule has 1 unspecified atom stereocenters. The number of carbonyl (C=O) groups excluding carboxylic acids is 1. The van der Waals surface area contributed by atoms with E-state index in [4.69, 9.17) is 19.9 Å². The van der Waals surface area contributed by atoms with Crippen LogP contribution in [0.1, 0.15) is 17.0 Å². The van der Waals surface area contributed by atoms with Crippen molar-refractivity contribution in [3.05, 3.63) is 94.1 Å². The highest BCUT2D eigenvalue weighted by molar-refractivity contribution is 5.74. The summed E-state index contributed by atoms with van der Waals surface area (Å²) in [6.07, 6.45) is 0. The summed E-state index contributed by atoms with van der Waals surface area (Å²) < 4.78 is 87.7. The zero-order valence-electron chi connectivity index (χ0n) is 18.8. The van der Waals surface area contributed by atoms with Gasteiger partial charge < -0.3 is 24.7 Å². The first-order chi connectivity index (χ1) is 17.7. The monoisotopic (exact) mass is 518 g/mol. The maximum Gasteiger partial charge on any atom is 0.349 e. The van der Waals surface area contributed by atoms with Gasteiger partial charge in [-0.25, -0.2) is 18.0 Å². The van der Waals surface area contributed by atoms with Gasteiger partial charge in [0.25, 0.3) is 0 Å². The summed E-state index contributed by atoms with van der Waals surface area (Å²) in [6.45, 7) is -1.18. The van der Waals surface area contributed by atoms with Crippen molar-refractivity contribution >= 4 is 5.97 Å². The van der Waals surface area contributed by atoms with Gasteiger partial charge in [-0.1, -0.05) is 24.3 Å². The number of nitriles is 1. The fraction of sp³-hybridized carbons (Fsp3) is 0.120. The number of hydrogen-bond acceptors (Lipinski definition) is 7. The first-order valence-electron chi connectivity index (χ1n) is 10.4. The van der Waals surface area contributed by atoms with E-state index in [-0.39, 0.29) is 23.0 Å². The van der Waals surface area contributed by atoms with Crippen LogP contribution in [-0.2, 0) is 4.79 Å². The summed E-state index contributed by atoms with van der Waals surface area (Å²) in [5.74, 6) is -14.5. The van der Waals surface area contributed by atoms with Crippen molar-refractivity contribution in [3.8, 4) is 29.1 Å². The molecule has 3 aromatic rings. The fourth-order valence-electron chi connectivity index (χ4n) is 3.73. The van der Waals surface area contributed by atoms with E-state index < -0.39 is 53.3 Å². The van der Waals surface area contributed by atoms with Crippen molar-refractivity contribution in [1.82, 2.24) is 0 Å². The molecule has 2 N–H and O–H groups in total. The minimum Gasteiger partial charge on any atom is -0.496 e. The van der Waals surface area contributed by atoms with Crippen molar-refractivity contribution in [3.63, 3.8) is 0 Å². The minimum absolute atomic E-state index is 0.114. The average molecular weight is 518 g/mol. The number of carbonyl (C=O) groups is 1. The van der Waals surface area contributed by atoms with Crippen LogP contribution in [0.2, 0.25) is 0 Å². The lowest BCUT2D eigenvalue weighted by molar-refractivity contribution is -0.136. The molecule has 1 atom stereocenters. The molecule has 1 aliphatic heterocycles. The number of nitrogens with two attached hydrogens (primary N) is 1. The van der Waals surface area contributed by atoms with E-state index in [9.17, 15) is 32.0 Å². The highest BCUT2D eigenvalue weighted by atomic mass is 19.2. The van der Waals surface area contributed by atoms with Gasteiger partial charge >= 0.3 is 5.97 Å². The van der Waals surface area contributed by atoms with Crippen LogP contribution in [-0.4, -0.2) is 19.7 Å². The number of ether oxygens (including phenoxy) is 4. The molecule has 12 heteroatoms. The summed E-state index contributed by atoms with van der Waals surface area (Å²) >= 11 is 0. The smallest absolute Gasteiger partial charge is 0.349 e. The Hall–Kier alpha value is -4.79. The molecule has 0 saturated heterocycles. The molecule has 0 saturated carbocycles. The Morgan fingerprint density at radius 1 is 1.00 bits per heavy atom. The number of allylic oxidation sites excluding steroid dienone is 1. The number of para-hydroxylation sites is 1. The number of hydrogen-bond donors (Lipinski definition) is 1. The fourth-order valence-corrected chi connectivity index (χ4v) is 3.73. The summed E-state index contributed by atoms with van der Waals surface area (Å²) in [5, 5.41) is 9.68. The number of benzene rings is 3. The Morgan fingerprint density at radius 2 is 1.65 bits per heavy atom. The van der Waals surface area contributed by atoms with E-state index >= 15 is 0 Å². The summed E-state index contributed by atoms with van der Waals surface area (Å²) in [4.78, 5) is 12.2. The number of methoxy groups -OCH3 is 1. The maximum absolute atomic E-state index is 13.7. The van der Waals surface area contributed by atoms with Gasteiger partial charge in [0, 0.05) is 17.2 Å². The van der Waals surface area contributed by atoms with Crippen LogP contribution < -0.4 is 24.7 Å². The molecule has 1 heterocycles. The molecule has 0 radical (unpaired) electrons. The molecule has 37 heavy (non-hydrogen) atoms. The van der Waals surface area contributed by atoms with E-state index in [2.05, 4.69) is 4.74 Å². The molecule has 7 nitrogen and oxygen atoms in total. The Balaban J connectivity index is 1.58. The largest absolute Gasteiger partial charge is 0.496 e. The molecule has 0 aliphatic carbocycles. The van der Waals surface area contributed by atoms with Gasteiger partial charge in [0.05, 0.1) is 13.0 Å². The SMILES string of the molecule is COc1ccccc1C1C(C#N)=C(N)Oc2cc(OC(=O)COc3c(F)c(F)c(F)c(F)c3F)ccc21. The van der Waals surface area contributed by atoms with Gasteiger partial charge in [-0.15, -0.1) is 0 Å². The number of rotatable bonds is 6. The molecule has 0 spiro atoms. The van der Waals surface area contributed by atoms with Crippen molar-refractivity contribution in [1.29, 1.82) is 5.26 Å². The van der Waals surface area contributed by atoms with Crippen LogP contribution in [0.15, 0.2) is 53.9 Å². The second-order valence-electron chi connectivity index (χ2n) is 7.53. The third kappa shape index (κ3) is 4.58. The van der Waals surface area contributed by atoms with E-state index in [0.29, 0.717) is 16.9 Å². The number of nitrogens with zero attached hydrogens (tertiary/aromatic N) is 1. The van der Waals surface area contributed by atoms with Crippen LogP contribution in [0, 0.1) is 40.4 Å². The number of halogens is 5. The molecule has 3 aromatic carbocycles. The first-order valence-corrected chi connectivity index (χ1v) is 10.4. The van der Waals surface area contributed by atoms with Crippen molar-refractivity contribution in [2.24, 2.45) is 5.73 Å². The lowest BCUT2D eigenvalue weighted by atomic mass is 9.83. The highest BCUT2D eigenvalue weighted by Crippen LogP contribution is 2.45. The van der Waals surface area contributed by atoms with E-state index in [1.54, 1.807) is 24.3 Å². The molecule has 0 amide bonds. The summed E-state index contributed by atoms with van der Waals surface area (Å²) in [6, 6.07) is 13.1. The molecule has 190 valence electrons. The first kappa shape index (κ1) is 25.3. The predicted molar refractivity (Wildman–Crippen MR) is 116 cm³/mol. The van der Waals surface area contributed by atoms with E-state index in [0.717, 1.165) is 0 Å². The third-order valence-corrected chi connectivity index (χ3v) is 5.38. The lowest BCUT2D eigenvalue weighted by Gasteiger charge is -2.27. The molecule has 0 bridgehead atoms. The normalized spacial score (nSPS) is 14.4. The van der Waals surface area contributed by atoms with Crippen LogP contribution in [0.5, 0.6) is 23.0 Å². The molecule has 0 fully saturated rings. The van der Waals surface area contributed by atoms with Crippen LogP contribution in [0.4, 0.5) is 22.0 Å². The van der Waals surface area contributed by atoms with Crippen LogP contribution in [0.3, 0.4) is 0 Å². The average Bonchev–Trinajstić information content (AvgIpc) is 2.89. The molecular formula is C25H15F5N2O5. The molecule has 4 rings (SSSR count). The Bertz CT molecular complexity index is 1460. The van der Waals surface area contributed by atoms with Gasteiger partial charge in [-0.2, -0.15) is 14.0 Å². The van der Waals surface area contributed by atoms with E-state index in [1.807, 2.05) is 6.07 Å². The van der Waals surface area contributed by atoms with Crippen LogP contribution in [0.25, 0.3) is 0 Å². The Morgan fingerprint density at radius 3 is 2.30 bits per heavy atom. The lowest BCUT2D eigenvalue weighted by Crippen LogP contribution is -2.22. The number of fused-ring (bicyclic) bond motifs is 1. The Kier molecular flexibility index (Phi) is 6.88. The third-order valence-electron chi connectivity index (χ3n) is 5.38.